The summed E-state index contributed by atoms with van der Waals surface area (Å²) in [5.74, 6) is 0.257. The number of nitrogens with zero attached hydrogens (tertiary/aromatic N) is 4. The quantitative estimate of drug-likeness (QED) is 0.521. The minimum absolute atomic E-state index is 0.0631. The van der Waals surface area contributed by atoms with Crippen LogP contribution in [0.1, 0.15) is 18.5 Å². The Morgan fingerprint density at radius 1 is 1.10 bits per heavy atom. The molecule has 29 heavy (non-hydrogen) atoms. The van der Waals surface area contributed by atoms with Crippen LogP contribution in [-0.2, 0) is 0 Å². The van der Waals surface area contributed by atoms with E-state index in [0.29, 0.717) is 17.1 Å². The number of rotatable bonds is 5. The van der Waals surface area contributed by atoms with Gasteiger partial charge in [-0.15, -0.1) is 0 Å². The van der Waals surface area contributed by atoms with E-state index >= 15 is 0 Å². The van der Waals surface area contributed by atoms with Gasteiger partial charge in [0.25, 0.3) is 0 Å². The molecule has 5 rings (SSSR count). The van der Waals surface area contributed by atoms with Gasteiger partial charge in [0.1, 0.15) is 17.6 Å². The summed E-state index contributed by atoms with van der Waals surface area (Å²) in [6.45, 7) is 1.95. The summed E-state index contributed by atoms with van der Waals surface area (Å²) in [7, 11) is 0. The molecule has 8 heteroatoms. The van der Waals surface area contributed by atoms with Gasteiger partial charge >= 0.3 is 0 Å². The van der Waals surface area contributed by atoms with Crippen LogP contribution in [0.25, 0.3) is 21.5 Å². The molecule has 0 spiro atoms. The molecule has 4 aromatic rings. The number of fused-ring (bicyclic) bond motifs is 1. The number of halogens is 1. The fourth-order valence-electron chi connectivity index (χ4n) is 3.29. The van der Waals surface area contributed by atoms with E-state index in [1.54, 1.807) is 24.7 Å². The van der Waals surface area contributed by atoms with Crippen molar-refractivity contribution in [3.8, 4) is 17.1 Å². The zero-order chi connectivity index (χ0) is 19.8. The third kappa shape index (κ3) is 3.75. The maximum Gasteiger partial charge on any atom is 0.240 e. The molecule has 6 nitrogen and oxygen atoms in total. The van der Waals surface area contributed by atoms with Crippen LogP contribution in [0, 0.1) is 12.7 Å². The highest BCUT2D eigenvalue weighted by Crippen LogP contribution is 2.34. The number of benzene rings is 1. The van der Waals surface area contributed by atoms with E-state index < -0.39 is 0 Å². The van der Waals surface area contributed by atoms with Crippen LogP contribution in [0.5, 0.6) is 5.88 Å². The summed E-state index contributed by atoms with van der Waals surface area (Å²) in [4.78, 5) is 17.6. The van der Waals surface area contributed by atoms with Crippen LogP contribution in [-0.4, -0.2) is 32.1 Å². The van der Waals surface area contributed by atoms with E-state index in [1.165, 1.54) is 23.5 Å². The van der Waals surface area contributed by atoms with Crippen molar-refractivity contribution in [2.45, 2.75) is 31.9 Å². The lowest BCUT2D eigenvalue weighted by atomic mass is 9.89. The summed E-state index contributed by atoms with van der Waals surface area (Å²) >= 11 is 1.53. The molecule has 1 saturated carbocycles. The number of aryl methyl sites for hydroxylation is 1. The van der Waals surface area contributed by atoms with Crippen molar-refractivity contribution in [2.75, 3.05) is 5.32 Å². The Bertz CT molecular complexity index is 1160. The Morgan fingerprint density at radius 3 is 2.79 bits per heavy atom. The van der Waals surface area contributed by atoms with Crippen molar-refractivity contribution in [3.05, 3.63) is 60.4 Å². The molecular weight excluding hydrogens is 389 g/mol. The largest absolute Gasteiger partial charge is 0.473 e. The van der Waals surface area contributed by atoms with Gasteiger partial charge in [-0.25, -0.2) is 19.3 Å². The van der Waals surface area contributed by atoms with Crippen LogP contribution in [0.2, 0.25) is 0 Å². The molecule has 0 atom stereocenters. The fraction of sp³-hybridized carbons (Fsp3) is 0.238. The van der Waals surface area contributed by atoms with Gasteiger partial charge in [0.15, 0.2) is 5.13 Å². The monoisotopic (exact) mass is 407 g/mol. The predicted octanol–water partition coefficient (Wildman–Crippen LogP) is 4.62. The highest BCUT2D eigenvalue weighted by Gasteiger charge is 2.32. The number of aromatic nitrogens is 4. The maximum atomic E-state index is 13.3. The van der Waals surface area contributed by atoms with Gasteiger partial charge in [-0.05, 0) is 31.2 Å². The molecule has 0 amide bonds. The van der Waals surface area contributed by atoms with Crippen molar-refractivity contribution in [1.29, 1.82) is 0 Å². The first-order chi connectivity index (χ1) is 14.1. The summed E-state index contributed by atoms with van der Waals surface area (Å²) in [5, 5.41) is 4.22. The van der Waals surface area contributed by atoms with Crippen LogP contribution >= 0.6 is 11.3 Å². The highest BCUT2D eigenvalue weighted by atomic mass is 32.1. The van der Waals surface area contributed by atoms with Gasteiger partial charge in [-0.1, -0.05) is 11.3 Å². The predicted molar refractivity (Wildman–Crippen MR) is 111 cm³/mol. The molecule has 0 unspecified atom stereocenters. The Balaban J connectivity index is 1.23. The van der Waals surface area contributed by atoms with Crippen molar-refractivity contribution < 1.29 is 9.13 Å². The number of thiazole rings is 1. The van der Waals surface area contributed by atoms with E-state index in [2.05, 4.69) is 25.3 Å². The summed E-state index contributed by atoms with van der Waals surface area (Å²) in [6, 6.07) is 8.86. The van der Waals surface area contributed by atoms with E-state index in [0.717, 1.165) is 33.9 Å². The minimum atomic E-state index is -0.269. The number of hydrogen-bond acceptors (Lipinski definition) is 7. The lowest BCUT2D eigenvalue weighted by molar-refractivity contribution is 0.103. The Kier molecular flexibility index (Phi) is 4.55. The smallest absolute Gasteiger partial charge is 0.240 e. The third-order valence-corrected chi connectivity index (χ3v) is 5.87. The van der Waals surface area contributed by atoms with Crippen molar-refractivity contribution >= 4 is 26.7 Å². The molecule has 1 aliphatic rings. The van der Waals surface area contributed by atoms with Gasteiger partial charge in [-0.3, -0.25) is 4.98 Å². The van der Waals surface area contributed by atoms with Crippen LogP contribution in [0.15, 0.2) is 48.9 Å². The van der Waals surface area contributed by atoms with E-state index in [1.807, 2.05) is 19.1 Å². The van der Waals surface area contributed by atoms with E-state index in [4.69, 9.17) is 4.74 Å². The second-order valence-corrected chi connectivity index (χ2v) is 8.11. The van der Waals surface area contributed by atoms with Gasteiger partial charge in [-0.2, -0.15) is 0 Å². The SMILES string of the molecule is Cc1ccc(-c2nccnc2O[C@H]2C[C@@H](Nc3nc4cc(F)ccc4s3)C2)cn1. The average Bonchev–Trinajstić information content (AvgIpc) is 3.09. The topological polar surface area (TPSA) is 72.8 Å². The molecule has 1 aromatic carbocycles. The molecule has 1 aliphatic carbocycles. The van der Waals surface area contributed by atoms with E-state index in [-0.39, 0.29) is 18.0 Å². The zero-order valence-electron chi connectivity index (χ0n) is 15.7. The first-order valence-corrected chi connectivity index (χ1v) is 10.2. The second-order valence-electron chi connectivity index (χ2n) is 7.08. The molecule has 1 fully saturated rings. The second kappa shape index (κ2) is 7.36. The first-order valence-electron chi connectivity index (χ1n) is 9.37. The molecule has 3 aromatic heterocycles. The summed E-state index contributed by atoms with van der Waals surface area (Å²) < 4.78 is 20.4. The van der Waals surface area contributed by atoms with Gasteiger partial charge in [0.05, 0.1) is 10.2 Å². The van der Waals surface area contributed by atoms with Crippen LogP contribution in [0.4, 0.5) is 9.52 Å². The number of ether oxygens (including phenoxy) is 1. The molecule has 3 heterocycles. The van der Waals surface area contributed by atoms with E-state index in [9.17, 15) is 4.39 Å². The van der Waals surface area contributed by atoms with Crippen LogP contribution in [0.3, 0.4) is 0 Å². The lowest BCUT2D eigenvalue weighted by Crippen LogP contribution is -2.42. The molecule has 146 valence electrons. The van der Waals surface area contributed by atoms with Crippen molar-refractivity contribution in [3.63, 3.8) is 0 Å². The number of pyridine rings is 1. The van der Waals surface area contributed by atoms with Crippen molar-refractivity contribution in [2.24, 2.45) is 0 Å². The zero-order valence-corrected chi connectivity index (χ0v) is 16.5. The number of nitrogens with one attached hydrogen (secondary N) is 1. The molecule has 0 radical (unpaired) electrons. The van der Waals surface area contributed by atoms with Gasteiger partial charge in [0, 0.05) is 54.8 Å². The molecular formula is C21H18FN5OS. The highest BCUT2D eigenvalue weighted by molar-refractivity contribution is 7.22. The van der Waals surface area contributed by atoms with Crippen molar-refractivity contribution in [1.82, 2.24) is 19.9 Å². The Morgan fingerprint density at radius 2 is 1.97 bits per heavy atom. The summed E-state index contributed by atoms with van der Waals surface area (Å²) in [6.07, 6.45) is 6.82. The standard InChI is InChI=1S/C21H18FN5OS/c1-12-2-3-13(11-25-12)19-20(24-7-6-23-19)28-16-9-15(10-16)26-21-27-17-8-14(22)4-5-18(17)29-21/h2-8,11,15-16H,9-10H2,1H3,(H,26,27)/t15-,16+. The molecule has 0 saturated heterocycles. The first kappa shape index (κ1) is 17.9. The number of anilines is 1. The maximum absolute atomic E-state index is 13.3. The Labute approximate surface area is 170 Å². The fourth-order valence-corrected chi connectivity index (χ4v) is 4.22. The minimum Gasteiger partial charge on any atom is -0.473 e. The Hall–Kier alpha value is -3.13. The lowest BCUT2D eigenvalue weighted by Gasteiger charge is -2.35. The van der Waals surface area contributed by atoms with Gasteiger partial charge < -0.3 is 10.1 Å². The van der Waals surface area contributed by atoms with Crippen LogP contribution < -0.4 is 10.1 Å². The molecule has 0 bridgehead atoms. The third-order valence-electron chi connectivity index (χ3n) is 4.90. The molecule has 1 N–H and O–H groups in total. The normalized spacial score (nSPS) is 18.4. The average molecular weight is 407 g/mol. The van der Waals surface area contributed by atoms with Gasteiger partial charge in [0.2, 0.25) is 5.88 Å². The molecule has 0 aliphatic heterocycles. The number of hydrogen-bond donors (Lipinski definition) is 1. The summed E-state index contributed by atoms with van der Waals surface area (Å²) in [5.41, 5.74) is 3.21.